The average Bonchev–Trinajstić information content (AvgIpc) is 2.38. The maximum atomic E-state index is 9.97. The van der Waals surface area contributed by atoms with Gasteiger partial charge in [0.25, 0.3) is 0 Å². The van der Waals surface area contributed by atoms with E-state index in [4.69, 9.17) is 9.47 Å². The van der Waals surface area contributed by atoms with Gasteiger partial charge in [-0.2, -0.15) is 0 Å². The minimum Gasteiger partial charge on any atom is -0.493 e. The summed E-state index contributed by atoms with van der Waals surface area (Å²) in [5, 5.41) is 9.97. The third-order valence-corrected chi connectivity index (χ3v) is 3.17. The van der Waals surface area contributed by atoms with Gasteiger partial charge in [0.05, 0.1) is 14.2 Å². The summed E-state index contributed by atoms with van der Waals surface area (Å²) < 4.78 is 10.5. The lowest BCUT2D eigenvalue weighted by atomic mass is 10.1. The molecule has 1 aromatic rings. The van der Waals surface area contributed by atoms with Crippen LogP contribution in [0, 0.1) is 0 Å². The third-order valence-electron chi connectivity index (χ3n) is 3.17. The molecule has 1 atom stereocenters. The van der Waals surface area contributed by atoms with Crippen LogP contribution in [0.25, 0.3) is 0 Å². The van der Waals surface area contributed by atoms with Crippen LogP contribution in [0.5, 0.6) is 11.5 Å². The minimum absolute atomic E-state index is 0.387. The Kier molecular flexibility index (Phi) is 3.74. The first-order chi connectivity index (χ1) is 8.26. The van der Waals surface area contributed by atoms with Gasteiger partial charge in [0.1, 0.15) is 6.23 Å². The van der Waals surface area contributed by atoms with Crippen LogP contribution in [0.1, 0.15) is 19.3 Å². The number of hydrogen-bond acceptors (Lipinski definition) is 4. The molecule has 4 nitrogen and oxygen atoms in total. The number of aliphatic hydroxyl groups excluding tert-OH is 1. The maximum Gasteiger partial charge on any atom is 0.162 e. The van der Waals surface area contributed by atoms with Gasteiger partial charge in [0.15, 0.2) is 11.5 Å². The van der Waals surface area contributed by atoms with Gasteiger partial charge in [-0.1, -0.05) is 0 Å². The van der Waals surface area contributed by atoms with Gasteiger partial charge in [-0.25, -0.2) is 0 Å². The van der Waals surface area contributed by atoms with Crippen LogP contribution in [0.4, 0.5) is 5.69 Å². The van der Waals surface area contributed by atoms with Crippen LogP contribution in [-0.2, 0) is 0 Å². The zero-order chi connectivity index (χ0) is 12.3. The molecule has 0 aliphatic carbocycles. The number of methoxy groups -OCH3 is 2. The fourth-order valence-corrected chi connectivity index (χ4v) is 2.22. The molecule has 1 heterocycles. The van der Waals surface area contributed by atoms with Crippen molar-refractivity contribution in [2.45, 2.75) is 25.5 Å². The van der Waals surface area contributed by atoms with Crippen LogP contribution in [0.3, 0.4) is 0 Å². The fourth-order valence-electron chi connectivity index (χ4n) is 2.22. The Morgan fingerprint density at radius 2 is 1.94 bits per heavy atom. The Hall–Kier alpha value is -1.42. The van der Waals surface area contributed by atoms with E-state index in [2.05, 4.69) is 0 Å². The predicted octanol–water partition coefficient (Wildman–Crippen LogP) is 2.01. The minimum atomic E-state index is -0.387. The monoisotopic (exact) mass is 237 g/mol. The third kappa shape index (κ3) is 2.47. The molecule has 94 valence electrons. The summed E-state index contributed by atoms with van der Waals surface area (Å²) in [6, 6.07) is 5.73. The van der Waals surface area contributed by atoms with E-state index in [1.54, 1.807) is 14.2 Å². The molecule has 0 saturated carbocycles. The van der Waals surface area contributed by atoms with Crippen molar-refractivity contribution in [1.29, 1.82) is 0 Å². The number of nitrogens with zero attached hydrogens (tertiary/aromatic N) is 1. The predicted molar refractivity (Wildman–Crippen MR) is 66.7 cm³/mol. The molecule has 4 heteroatoms. The first kappa shape index (κ1) is 12.0. The van der Waals surface area contributed by atoms with E-state index in [0.717, 1.165) is 31.5 Å². The highest BCUT2D eigenvalue weighted by atomic mass is 16.5. The van der Waals surface area contributed by atoms with Crippen molar-refractivity contribution in [2.75, 3.05) is 25.7 Å². The summed E-state index contributed by atoms with van der Waals surface area (Å²) >= 11 is 0. The SMILES string of the molecule is COc1ccc(N2CCCCC2O)cc1OC. The number of anilines is 1. The molecular formula is C13H19NO3. The molecule has 0 amide bonds. The zero-order valence-electron chi connectivity index (χ0n) is 10.3. The molecule has 2 rings (SSSR count). The van der Waals surface area contributed by atoms with Gasteiger partial charge in [-0.3, -0.25) is 0 Å². The van der Waals surface area contributed by atoms with E-state index in [1.807, 2.05) is 23.1 Å². The van der Waals surface area contributed by atoms with Gasteiger partial charge in [-0.15, -0.1) is 0 Å². The number of rotatable bonds is 3. The molecule has 17 heavy (non-hydrogen) atoms. The number of piperidine rings is 1. The smallest absolute Gasteiger partial charge is 0.162 e. The van der Waals surface area contributed by atoms with Crippen LogP contribution >= 0.6 is 0 Å². The number of aliphatic hydroxyl groups is 1. The van der Waals surface area contributed by atoms with E-state index in [-0.39, 0.29) is 6.23 Å². The van der Waals surface area contributed by atoms with Crippen LogP contribution in [0.2, 0.25) is 0 Å². The molecule has 1 N–H and O–H groups in total. The van der Waals surface area contributed by atoms with Crippen molar-refractivity contribution in [3.8, 4) is 11.5 Å². The average molecular weight is 237 g/mol. The molecule has 1 aliphatic rings. The summed E-state index contributed by atoms with van der Waals surface area (Å²) in [4.78, 5) is 2.01. The highest BCUT2D eigenvalue weighted by Gasteiger charge is 2.21. The Morgan fingerprint density at radius 1 is 1.18 bits per heavy atom. The summed E-state index contributed by atoms with van der Waals surface area (Å²) in [6.45, 7) is 0.886. The molecule has 1 aromatic carbocycles. The van der Waals surface area contributed by atoms with Crippen molar-refractivity contribution in [3.63, 3.8) is 0 Å². The van der Waals surface area contributed by atoms with Gasteiger partial charge < -0.3 is 19.5 Å². The summed E-state index contributed by atoms with van der Waals surface area (Å²) in [5.74, 6) is 1.41. The first-order valence-electron chi connectivity index (χ1n) is 5.93. The molecule has 0 aromatic heterocycles. The molecule has 0 spiro atoms. The van der Waals surface area contributed by atoms with E-state index in [0.29, 0.717) is 11.5 Å². The summed E-state index contributed by atoms with van der Waals surface area (Å²) in [5.41, 5.74) is 0.981. The van der Waals surface area contributed by atoms with Crippen molar-refractivity contribution < 1.29 is 14.6 Å². The lowest BCUT2D eigenvalue weighted by Crippen LogP contribution is -2.39. The Bertz CT molecular complexity index is 381. The molecule has 1 unspecified atom stereocenters. The summed E-state index contributed by atoms with van der Waals surface area (Å²) in [7, 11) is 3.24. The molecule has 1 fully saturated rings. The van der Waals surface area contributed by atoms with Crippen molar-refractivity contribution in [1.82, 2.24) is 0 Å². The summed E-state index contributed by atoms with van der Waals surface area (Å²) in [6.07, 6.45) is 2.65. The number of benzene rings is 1. The Labute approximate surface area is 102 Å². The molecule has 0 bridgehead atoms. The second kappa shape index (κ2) is 5.27. The highest BCUT2D eigenvalue weighted by molar-refractivity contribution is 5.56. The second-order valence-electron chi connectivity index (χ2n) is 4.21. The molecule has 1 saturated heterocycles. The van der Waals surface area contributed by atoms with Crippen molar-refractivity contribution in [3.05, 3.63) is 18.2 Å². The number of ether oxygens (including phenoxy) is 2. The van der Waals surface area contributed by atoms with Gasteiger partial charge in [-0.05, 0) is 31.4 Å². The van der Waals surface area contributed by atoms with E-state index in [9.17, 15) is 5.11 Å². The van der Waals surface area contributed by atoms with E-state index < -0.39 is 0 Å². The lowest BCUT2D eigenvalue weighted by molar-refractivity contribution is 0.140. The second-order valence-corrected chi connectivity index (χ2v) is 4.21. The maximum absolute atomic E-state index is 9.97. The van der Waals surface area contributed by atoms with Crippen molar-refractivity contribution >= 4 is 5.69 Å². The topological polar surface area (TPSA) is 41.9 Å². The highest BCUT2D eigenvalue weighted by Crippen LogP contribution is 2.33. The van der Waals surface area contributed by atoms with Crippen molar-refractivity contribution in [2.24, 2.45) is 0 Å². The molecular weight excluding hydrogens is 218 g/mol. The van der Waals surface area contributed by atoms with E-state index >= 15 is 0 Å². The van der Waals surface area contributed by atoms with Crippen LogP contribution < -0.4 is 14.4 Å². The van der Waals surface area contributed by atoms with Crippen LogP contribution in [0.15, 0.2) is 18.2 Å². The lowest BCUT2D eigenvalue weighted by Gasteiger charge is -2.34. The fraction of sp³-hybridized carbons (Fsp3) is 0.538. The normalized spacial score (nSPS) is 20.2. The Balaban J connectivity index is 2.25. The molecule has 1 aliphatic heterocycles. The first-order valence-corrected chi connectivity index (χ1v) is 5.93. The quantitative estimate of drug-likeness (QED) is 0.873. The standard InChI is InChI=1S/C13H19NO3/c1-16-11-7-6-10(9-12(11)17-2)14-8-4-3-5-13(14)15/h6-7,9,13,15H,3-5,8H2,1-2H3. The zero-order valence-corrected chi connectivity index (χ0v) is 10.3. The van der Waals surface area contributed by atoms with Gasteiger partial charge in [0.2, 0.25) is 0 Å². The van der Waals surface area contributed by atoms with Crippen LogP contribution in [-0.4, -0.2) is 32.1 Å². The Morgan fingerprint density at radius 3 is 2.59 bits per heavy atom. The number of hydrogen-bond donors (Lipinski definition) is 1. The van der Waals surface area contributed by atoms with Gasteiger partial charge in [0, 0.05) is 18.3 Å². The largest absolute Gasteiger partial charge is 0.493 e. The molecule has 0 radical (unpaired) electrons. The van der Waals surface area contributed by atoms with E-state index in [1.165, 1.54) is 0 Å². The van der Waals surface area contributed by atoms with Gasteiger partial charge >= 0.3 is 0 Å².